The Bertz CT molecular complexity index is 462. The fourth-order valence-corrected chi connectivity index (χ4v) is 3.70. The molecule has 1 aliphatic carbocycles. The summed E-state index contributed by atoms with van der Waals surface area (Å²) in [7, 11) is 0. The summed E-state index contributed by atoms with van der Waals surface area (Å²) in [6, 6.07) is 3.81. The number of hydrogen-bond donors (Lipinski definition) is 1. The highest BCUT2D eigenvalue weighted by Gasteiger charge is 2.38. The molecule has 0 radical (unpaired) electrons. The molecule has 1 aromatic carbocycles. The van der Waals surface area contributed by atoms with E-state index in [1.165, 1.54) is 12.1 Å². The van der Waals surface area contributed by atoms with E-state index in [9.17, 15) is 8.78 Å². The van der Waals surface area contributed by atoms with E-state index in [0.29, 0.717) is 24.3 Å². The molecule has 0 atom stereocenters. The van der Waals surface area contributed by atoms with E-state index in [1.54, 1.807) is 0 Å². The number of nitrogens with two attached hydrogens (primary N) is 1. The summed E-state index contributed by atoms with van der Waals surface area (Å²) in [5.74, 6) is -0.289. The van der Waals surface area contributed by atoms with Crippen molar-refractivity contribution in [3.05, 3.63) is 35.4 Å². The maximum absolute atomic E-state index is 13.4. The van der Waals surface area contributed by atoms with Gasteiger partial charge in [0.1, 0.15) is 11.6 Å². The highest BCUT2D eigenvalue weighted by atomic mass is 19.1. The smallest absolute Gasteiger partial charge is 0.126 e. The van der Waals surface area contributed by atoms with Crippen LogP contribution in [0, 0.1) is 28.4 Å². The van der Waals surface area contributed by atoms with Gasteiger partial charge in [-0.2, -0.15) is 0 Å². The fourth-order valence-electron chi connectivity index (χ4n) is 3.70. The first-order valence-corrected chi connectivity index (χ1v) is 7.89. The number of halogens is 2. The van der Waals surface area contributed by atoms with E-state index in [1.807, 2.05) is 0 Å². The molecule has 2 N–H and O–H groups in total. The van der Waals surface area contributed by atoms with Gasteiger partial charge in [-0.05, 0) is 73.1 Å². The van der Waals surface area contributed by atoms with Crippen molar-refractivity contribution in [3.63, 3.8) is 0 Å². The van der Waals surface area contributed by atoms with E-state index in [4.69, 9.17) is 5.73 Å². The molecular formula is C18H27F2N. The highest BCUT2D eigenvalue weighted by Crippen LogP contribution is 2.46. The van der Waals surface area contributed by atoms with Crippen molar-refractivity contribution in [1.29, 1.82) is 0 Å². The Kier molecular flexibility index (Phi) is 4.72. The molecule has 0 heterocycles. The summed E-state index contributed by atoms with van der Waals surface area (Å²) in [5, 5.41) is 0. The first kappa shape index (κ1) is 16.4. The third-order valence-electron chi connectivity index (χ3n) is 5.21. The van der Waals surface area contributed by atoms with Gasteiger partial charge >= 0.3 is 0 Å². The molecule has 1 aromatic rings. The average molecular weight is 295 g/mol. The largest absolute Gasteiger partial charge is 0.330 e. The quantitative estimate of drug-likeness (QED) is 0.860. The molecule has 1 aliphatic rings. The Morgan fingerprint density at radius 3 is 2.05 bits per heavy atom. The summed E-state index contributed by atoms with van der Waals surface area (Å²) in [6.45, 7) is 7.45. The van der Waals surface area contributed by atoms with E-state index >= 15 is 0 Å². The second-order valence-corrected chi connectivity index (χ2v) is 7.80. The lowest BCUT2D eigenvalue weighted by Gasteiger charge is -2.44. The Balaban J connectivity index is 2.10. The van der Waals surface area contributed by atoms with Crippen LogP contribution in [0.4, 0.5) is 8.78 Å². The van der Waals surface area contributed by atoms with Gasteiger partial charge in [-0.3, -0.25) is 0 Å². The maximum atomic E-state index is 13.4. The lowest BCUT2D eigenvalue weighted by atomic mass is 9.62. The van der Waals surface area contributed by atoms with Gasteiger partial charge < -0.3 is 5.73 Å². The standard InChI is InChI=1S/C18H27F2N/c1-17(2,3)14-4-6-18(12-21,7-5-14)11-13-8-15(19)10-16(20)9-13/h8-10,14H,4-7,11-12,21H2,1-3H3. The zero-order valence-electron chi connectivity index (χ0n) is 13.4. The van der Waals surface area contributed by atoms with Gasteiger partial charge in [0.15, 0.2) is 0 Å². The van der Waals surface area contributed by atoms with E-state index < -0.39 is 11.6 Å². The Labute approximate surface area is 126 Å². The van der Waals surface area contributed by atoms with Crippen molar-refractivity contribution in [2.75, 3.05) is 6.54 Å². The SMILES string of the molecule is CC(C)(C)C1CCC(CN)(Cc2cc(F)cc(F)c2)CC1. The van der Waals surface area contributed by atoms with Gasteiger partial charge in [0.2, 0.25) is 0 Å². The van der Waals surface area contributed by atoms with Gasteiger partial charge in [0, 0.05) is 6.07 Å². The lowest BCUT2D eigenvalue weighted by molar-refractivity contribution is 0.0925. The molecule has 0 spiro atoms. The summed E-state index contributed by atoms with van der Waals surface area (Å²) in [5.41, 5.74) is 7.09. The van der Waals surface area contributed by atoms with Crippen LogP contribution in [-0.2, 0) is 6.42 Å². The minimum Gasteiger partial charge on any atom is -0.330 e. The Morgan fingerprint density at radius 2 is 1.62 bits per heavy atom. The summed E-state index contributed by atoms with van der Waals surface area (Å²) < 4.78 is 26.7. The third-order valence-corrected chi connectivity index (χ3v) is 5.21. The molecule has 1 saturated carbocycles. The molecule has 3 heteroatoms. The second-order valence-electron chi connectivity index (χ2n) is 7.80. The minimum absolute atomic E-state index is 0.00197. The summed E-state index contributed by atoms with van der Waals surface area (Å²) >= 11 is 0. The fraction of sp³-hybridized carbons (Fsp3) is 0.667. The molecule has 1 nitrogen and oxygen atoms in total. The van der Waals surface area contributed by atoms with Crippen molar-refractivity contribution < 1.29 is 8.78 Å². The van der Waals surface area contributed by atoms with Crippen LogP contribution < -0.4 is 5.73 Å². The van der Waals surface area contributed by atoms with Crippen LogP contribution in [0.2, 0.25) is 0 Å². The zero-order chi connectivity index (χ0) is 15.7. The molecule has 0 aromatic heterocycles. The molecule has 0 saturated heterocycles. The molecule has 21 heavy (non-hydrogen) atoms. The first-order chi connectivity index (χ1) is 9.74. The van der Waals surface area contributed by atoms with Gasteiger partial charge in [0.25, 0.3) is 0 Å². The van der Waals surface area contributed by atoms with Gasteiger partial charge in [-0.15, -0.1) is 0 Å². The average Bonchev–Trinajstić information content (AvgIpc) is 2.37. The van der Waals surface area contributed by atoms with Crippen molar-refractivity contribution in [1.82, 2.24) is 0 Å². The molecule has 0 aliphatic heterocycles. The number of rotatable bonds is 3. The highest BCUT2D eigenvalue weighted by molar-refractivity contribution is 5.20. The molecule has 2 rings (SSSR count). The van der Waals surface area contributed by atoms with Crippen LogP contribution >= 0.6 is 0 Å². The molecule has 118 valence electrons. The predicted molar refractivity (Wildman–Crippen MR) is 83.0 cm³/mol. The molecule has 0 amide bonds. The number of benzene rings is 1. The van der Waals surface area contributed by atoms with Crippen LogP contribution in [0.1, 0.15) is 52.0 Å². The molecular weight excluding hydrogens is 268 g/mol. The maximum Gasteiger partial charge on any atom is 0.126 e. The second kappa shape index (κ2) is 6.04. The van der Waals surface area contributed by atoms with Crippen molar-refractivity contribution in [2.45, 2.75) is 52.9 Å². The van der Waals surface area contributed by atoms with Gasteiger partial charge in [0.05, 0.1) is 0 Å². The monoisotopic (exact) mass is 295 g/mol. The summed E-state index contributed by atoms with van der Waals surface area (Å²) in [4.78, 5) is 0. The predicted octanol–water partition coefficient (Wildman–Crippen LogP) is 4.69. The van der Waals surface area contributed by atoms with Crippen LogP contribution in [-0.4, -0.2) is 6.54 Å². The zero-order valence-corrected chi connectivity index (χ0v) is 13.4. The van der Waals surface area contributed by atoms with Gasteiger partial charge in [-0.1, -0.05) is 20.8 Å². The molecule has 0 unspecified atom stereocenters. The van der Waals surface area contributed by atoms with Crippen LogP contribution in [0.25, 0.3) is 0 Å². The normalized spacial score (nSPS) is 26.9. The third kappa shape index (κ3) is 4.03. The number of hydrogen-bond acceptors (Lipinski definition) is 1. The van der Waals surface area contributed by atoms with Crippen molar-refractivity contribution in [2.24, 2.45) is 22.5 Å². The van der Waals surface area contributed by atoms with E-state index in [-0.39, 0.29) is 5.41 Å². The van der Waals surface area contributed by atoms with Crippen LogP contribution in [0.3, 0.4) is 0 Å². The van der Waals surface area contributed by atoms with Crippen LogP contribution in [0.5, 0.6) is 0 Å². The van der Waals surface area contributed by atoms with Crippen molar-refractivity contribution in [3.8, 4) is 0 Å². The molecule has 0 bridgehead atoms. The van der Waals surface area contributed by atoms with Crippen LogP contribution in [0.15, 0.2) is 18.2 Å². The molecule has 1 fully saturated rings. The lowest BCUT2D eigenvalue weighted by Crippen LogP contribution is -2.39. The minimum atomic E-state index is -0.499. The topological polar surface area (TPSA) is 26.0 Å². The van der Waals surface area contributed by atoms with Crippen molar-refractivity contribution >= 4 is 0 Å². The summed E-state index contributed by atoms with van der Waals surface area (Å²) in [6.07, 6.45) is 5.07. The van der Waals surface area contributed by atoms with E-state index in [2.05, 4.69) is 20.8 Å². The Hall–Kier alpha value is -0.960. The first-order valence-electron chi connectivity index (χ1n) is 7.89. The van der Waals surface area contributed by atoms with Gasteiger partial charge in [-0.25, -0.2) is 8.78 Å². The Morgan fingerprint density at radius 1 is 1.10 bits per heavy atom. The van der Waals surface area contributed by atoms with E-state index in [0.717, 1.165) is 37.3 Å².